The van der Waals surface area contributed by atoms with Crippen LogP contribution in [0.4, 0.5) is 0 Å². The highest BCUT2D eigenvalue weighted by Crippen LogP contribution is 2.34. The summed E-state index contributed by atoms with van der Waals surface area (Å²) in [6.45, 7) is 5.36. The van der Waals surface area contributed by atoms with E-state index in [9.17, 15) is 0 Å². The molecule has 0 atom stereocenters. The van der Waals surface area contributed by atoms with Crippen molar-refractivity contribution in [1.82, 2.24) is 15.3 Å². The number of fused-ring (bicyclic) bond motifs is 1. The molecule has 1 fully saturated rings. The smallest absolute Gasteiger partial charge is 0.160 e. The predicted molar refractivity (Wildman–Crippen MR) is 70.9 cm³/mol. The highest BCUT2D eigenvalue weighted by molar-refractivity contribution is 5.28. The molecular weight excluding hydrogens is 242 g/mol. The number of methoxy groups -OCH3 is 1. The minimum Gasteiger partial charge on any atom is -0.381 e. The Bertz CT molecular complexity index is 470. The lowest BCUT2D eigenvalue weighted by atomic mass is 9.92. The molecule has 0 amide bonds. The minimum absolute atomic E-state index is 0.366. The summed E-state index contributed by atoms with van der Waals surface area (Å²) >= 11 is 0. The van der Waals surface area contributed by atoms with E-state index in [1.807, 2.05) is 0 Å². The number of hydrogen-bond donors (Lipinski definition) is 1. The van der Waals surface area contributed by atoms with Crippen molar-refractivity contribution in [3.8, 4) is 0 Å². The Morgan fingerprint density at radius 2 is 2.05 bits per heavy atom. The molecule has 3 rings (SSSR count). The number of ether oxygens (including phenoxy) is 2. The fraction of sp³-hybridized carbons (Fsp3) is 0.714. The van der Waals surface area contributed by atoms with Gasteiger partial charge in [-0.25, -0.2) is 9.97 Å². The third-order valence-corrected chi connectivity index (χ3v) is 4.24. The van der Waals surface area contributed by atoms with Gasteiger partial charge >= 0.3 is 0 Å². The van der Waals surface area contributed by atoms with Crippen LogP contribution in [0.5, 0.6) is 0 Å². The van der Waals surface area contributed by atoms with Gasteiger partial charge in [-0.1, -0.05) is 0 Å². The van der Waals surface area contributed by atoms with Crippen LogP contribution >= 0.6 is 0 Å². The molecule has 104 valence electrons. The maximum absolute atomic E-state index is 5.79. The Kier molecular flexibility index (Phi) is 3.52. The number of aryl methyl sites for hydroxylation is 1. The summed E-state index contributed by atoms with van der Waals surface area (Å²) in [5.41, 5.74) is 3.18. The highest BCUT2D eigenvalue weighted by Gasteiger charge is 2.38. The van der Waals surface area contributed by atoms with Gasteiger partial charge < -0.3 is 14.8 Å². The standard InChI is InChI=1S/C14H21N3O2/c1-10-11-3-6-15-9-12(11)17-13(16-10)14(18-2)4-7-19-8-5-14/h15H,3-9H2,1-2H3. The van der Waals surface area contributed by atoms with E-state index < -0.39 is 0 Å². The molecule has 2 aliphatic heterocycles. The van der Waals surface area contributed by atoms with Crippen molar-refractivity contribution in [3.05, 3.63) is 22.8 Å². The zero-order valence-electron chi connectivity index (χ0n) is 11.7. The van der Waals surface area contributed by atoms with Gasteiger partial charge in [-0.15, -0.1) is 0 Å². The summed E-state index contributed by atoms with van der Waals surface area (Å²) < 4.78 is 11.2. The Hall–Kier alpha value is -1.04. The van der Waals surface area contributed by atoms with Crippen molar-refractivity contribution >= 4 is 0 Å². The van der Waals surface area contributed by atoms with E-state index in [2.05, 4.69) is 12.2 Å². The zero-order valence-corrected chi connectivity index (χ0v) is 11.7. The molecule has 0 radical (unpaired) electrons. The van der Waals surface area contributed by atoms with E-state index in [1.165, 1.54) is 5.56 Å². The fourth-order valence-electron chi connectivity index (χ4n) is 2.97. The average molecular weight is 263 g/mol. The number of nitrogens with one attached hydrogen (secondary N) is 1. The molecule has 1 saturated heterocycles. The normalized spacial score (nSPS) is 22.0. The maximum Gasteiger partial charge on any atom is 0.160 e. The number of hydrogen-bond acceptors (Lipinski definition) is 5. The van der Waals surface area contributed by atoms with Gasteiger partial charge in [0.25, 0.3) is 0 Å². The van der Waals surface area contributed by atoms with E-state index in [1.54, 1.807) is 7.11 Å². The molecule has 1 aromatic rings. The lowest BCUT2D eigenvalue weighted by Crippen LogP contribution is -2.38. The summed E-state index contributed by atoms with van der Waals surface area (Å²) in [5, 5.41) is 3.37. The predicted octanol–water partition coefficient (Wildman–Crippen LogP) is 1.08. The van der Waals surface area contributed by atoms with Gasteiger partial charge in [-0.3, -0.25) is 0 Å². The van der Waals surface area contributed by atoms with E-state index in [0.29, 0.717) is 13.2 Å². The largest absolute Gasteiger partial charge is 0.381 e. The van der Waals surface area contributed by atoms with Crippen LogP contribution in [0.2, 0.25) is 0 Å². The van der Waals surface area contributed by atoms with Gasteiger partial charge in [-0.2, -0.15) is 0 Å². The quantitative estimate of drug-likeness (QED) is 0.865. The van der Waals surface area contributed by atoms with Crippen LogP contribution in [-0.4, -0.2) is 36.8 Å². The molecule has 0 aliphatic carbocycles. The second-order valence-corrected chi connectivity index (χ2v) is 5.30. The molecule has 2 aliphatic rings. The van der Waals surface area contributed by atoms with Gasteiger partial charge in [0, 0.05) is 45.4 Å². The van der Waals surface area contributed by atoms with Crippen LogP contribution in [0.1, 0.15) is 35.6 Å². The third-order valence-electron chi connectivity index (χ3n) is 4.24. The second kappa shape index (κ2) is 5.15. The van der Waals surface area contributed by atoms with Crippen molar-refractivity contribution in [2.24, 2.45) is 0 Å². The molecule has 0 bridgehead atoms. The molecule has 0 saturated carbocycles. The molecule has 19 heavy (non-hydrogen) atoms. The summed E-state index contributed by atoms with van der Waals surface area (Å²) in [6, 6.07) is 0. The first-order valence-corrected chi connectivity index (χ1v) is 6.96. The fourth-order valence-corrected chi connectivity index (χ4v) is 2.97. The van der Waals surface area contributed by atoms with Crippen LogP contribution in [-0.2, 0) is 28.0 Å². The maximum atomic E-state index is 5.79. The Morgan fingerprint density at radius 3 is 2.79 bits per heavy atom. The first-order valence-electron chi connectivity index (χ1n) is 6.96. The first kappa shape index (κ1) is 13.0. The molecule has 1 aromatic heterocycles. The van der Waals surface area contributed by atoms with Gasteiger partial charge in [0.05, 0.1) is 5.69 Å². The van der Waals surface area contributed by atoms with Crippen LogP contribution in [0.25, 0.3) is 0 Å². The first-order chi connectivity index (χ1) is 9.25. The molecule has 0 aromatic carbocycles. The second-order valence-electron chi connectivity index (χ2n) is 5.30. The highest BCUT2D eigenvalue weighted by atomic mass is 16.5. The number of aromatic nitrogens is 2. The molecule has 0 unspecified atom stereocenters. The van der Waals surface area contributed by atoms with Crippen LogP contribution in [0, 0.1) is 6.92 Å². The molecule has 5 nitrogen and oxygen atoms in total. The average Bonchev–Trinajstić information content (AvgIpc) is 2.48. The van der Waals surface area contributed by atoms with Crippen molar-refractivity contribution < 1.29 is 9.47 Å². The Labute approximate surface area is 113 Å². The number of nitrogens with zero attached hydrogens (tertiary/aromatic N) is 2. The van der Waals surface area contributed by atoms with E-state index in [4.69, 9.17) is 19.4 Å². The molecule has 5 heteroatoms. The lowest BCUT2D eigenvalue weighted by molar-refractivity contribution is -0.100. The third kappa shape index (κ3) is 2.26. The molecule has 1 N–H and O–H groups in total. The van der Waals surface area contributed by atoms with E-state index >= 15 is 0 Å². The minimum atomic E-state index is -0.366. The SMILES string of the molecule is COC1(c2nc(C)c3c(n2)CNCC3)CCOCC1. The van der Waals surface area contributed by atoms with Gasteiger partial charge in [0.1, 0.15) is 5.60 Å². The van der Waals surface area contributed by atoms with Crippen molar-refractivity contribution in [1.29, 1.82) is 0 Å². The van der Waals surface area contributed by atoms with Crippen LogP contribution in [0.15, 0.2) is 0 Å². The van der Waals surface area contributed by atoms with Crippen LogP contribution < -0.4 is 5.32 Å². The topological polar surface area (TPSA) is 56.3 Å². The summed E-state index contributed by atoms with van der Waals surface area (Å²) in [4.78, 5) is 9.52. The van der Waals surface area contributed by atoms with Crippen LogP contribution in [0.3, 0.4) is 0 Å². The van der Waals surface area contributed by atoms with Gasteiger partial charge in [-0.05, 0) is 25.5 Å². The summed E-state index contributed by atoms with van der Waals surface area (Å²) in [5.74, 6) is 0.832. The Balaban J connectivity index is 2.02. The molecule has 3 heterocycles. The lowest BCUT2D eigenvalue weighted by Gasteiger charge is -2.35. The monoisotopic (exact) mass is 263 g/mol. The molecular formula is C14H21N3O2. The van der Waals surface area contributed by atoms with E-state index in [-0.39, 0.29) is 5.60 Å². The van der Waals surface area contributed by atoms with Gasteiger partial charge in [0.15, 0.2) is 5.82 Å². The zero-order chi connectivity index (χ0) is 13.3. The van der Waals surface area contributed by atoms with Crippen molar-refractivity contribution in [2.75, 3.05) is 26.9 Å². The van der Waals surface area contributed by atoms with Crippen molar-refractivity contribution in [2.45, 2.75) is 38.3 Å². The Morgan fingerprint density at radius 1 is 1.26 bits per heavy atom. The van der Waals surface area contributed by atoms with Crippen molar-refractivity contribution in [3.63, 3.8) is 0 Å². The summed E-state index contributed by atoms with van der Waals surface area (Å²) in [6.07, 6.45) is 2.68. The molecule has 0 spiro atoms. The van der Waals surface area contributed by atoms with Gasteiger partial charge in [0.2, 0.25) is 0 Å². The summed E-state index contributed by atoms with van der Waals surface area (Å²) in [7, 11) is 1.75. The number of rotatable bonds is 2. The van der Waals surface area contributed by atoms with E-state index in [0.717, 1.165) is 49.6 Å².